The fourth-order valence-electron chi connectivity index (χ4n) is 10.7. The topological polar surface area (TPSA) is 209 Å². The number of esters is 3. The summed E-state index contributed by atoms with van der Waals surface area (Å²) in [7, 11) is 2.74. The van der Waals surface area contributed by atoms with Gasteiger partial charge in [-0.3, -0.25) is 14.4 Å². The molecule has 2 bridgehead atoms. The molecular weight excluding hydrogens is 819 g/mol. The molecule has 3 aliphatic carbocycles. The van der Waals surface area contributed by atoms with Crippen molar-refractivity contribution in [2.75, 3.05) is 20.8 Å². The second kappa shape index (κ2) is 16.6. The number of aliphatic hydroxyl groups is 1. The van der Waals surface area contributed by atoms with Crippen molar-refractivity contribution in [1.82, 2.24) is 5.32 Å². The second-order valence-electron chi connectivity index (χ2n) is 17.1. The van der Waals surface area contributed by atoms with Crippen molar-refractivity contribution in [3.8, 4) is 0 Å². The Morgan fingerprint density at radius 1 is 0.857 bits per heavy atom. The van der Waals surface area contributed by atoms with Gasteiger partial charge in [-0.2, -0.15) is 0 Å². The van der Waals surface area contributed by atoms with Crippen molar-refractivity contribution < 1.29 is 71.8 Å². The molecule has 2 N–H and O–H groups in total. The SMILES string of the molecule is CO[C@H]1C(=O)C2[C@@H](OC)C[C@H]3OC[C@@]3(OC(C)=O)[C@H]2[C@H](OC(=O)c2ccccc2)[C@]23OC(=O)O[C@H]2[C@H](OC(=O)[C@H](O)[C@@H](NC(=O)c2ccccc2)c2ccccc2)C(C)=C1C3(C)C. The van der Waals surface area contributed by atoms with Gasteiger partial charge >= 0.3 is 24.1 Å². The lowest BCUT2D eigenvalue weighted by Crippen LogP contribution is -2.81. The van der Waals surface area contributed by atoms with Crippen LogP contribution in [0.15, 0.2) is 102 Å². The molecule has 1 spiro atoms. The Morgan fingerprint density at radius 2 is 1.48 bits per heavy atom. The van der Waals surface area contributed by atoms with Gasteiger partial charge < -0.3 is 48.3 Å². The second-order valence-corrected chi connectivity index (χ2v) is 17.1. The van der Waals surface area contributed by atoms with Gasteiger partial charge in [-0.05, 0) is 47.9 Å². The summed E-state index contributed by atoms with van der Waals surface area (Å²) in [6.45, 7) is 5.90. The summed E-state index contributed by atoms with van der Waals surface area (Å²) in [5.74, 6) is -6.54. The minimum Gasteiger partial charge on any atom is -0.454 e. The summed E-state index contributed by atoms with van der Waals surface area (Å²) >= 11 is 0. The van der Waals surface area contributed by atoms with Gasteiger partial charge in [0.15, 0.2) is 35.8 Å². The minimum absolute atomic E-state index is 0.0993. The van der Waals surface area contributed by atoms with Crippen molar-refractivity contribution in [3.05, 3.63) is 119 Å². The Balaban J connectivity index is 1.30. The summed E-state index contributed by atoms with van der Waals surface area (Å²) in [6.07, 6.45) is -11.3. The molecule has 2 heterocycles. The van der Waals surface area contributed by atoms with Gasteiger partial charge in [0.05, 0.1) is 36.2 Å². The average Bonchev–Trinajstić information content (AvgIpc) is 3.64. The normalized spacial score (nSPS) is 32.3. The van der Waals surface area contributed by atoms with Gasteiger partial charge in [0.1, 0.15) is 12.2 Å². The lowest BCUT2D eigenvalue weighted by atomic mass is 9.48. The molecule has 8 rings (SSSR count). The molecule has 2 aliphatic heterocycles. The Labute approximate surface area is 363 Å². The molecular formula is C47H49NO15. The molecule has 63 heavy (non-hydrogen) atoms. The first-order chi connectivity index (χ1) is 30.1. The Kier molecular flexibility index (Phi) is 11.5. The lowest BCUT2D eigenvalue weighted by Gasteiger charge is -2.65. The van der Waals surface area contributed by atoms with E-state index in [2.05, 4.69) is 5.32 Å². The maximum Gasteiger partial charge on any atom is 0.509 e. The first-order valence-corrected chi connectivity index (χ1v) is 20.7. The van der Waals surface area contributed by atoms with Gasteiger partial charge in [-0.1, -0.05) is 80.6 Å². The van der Waals surface area contributed by atoms with E-state index in [0.717, 1.165) is 0 Å². The fraction of sp³-hybridized carbons (Fsp3) is 0.447. The molecule has 1 amide bonds. The van der Waals surface area contributed by atoms with Gasteiger partial charge in [-0.15, -0.1) is 0 Å². The van der Waals surface area contributed by atoms with Crippen molar-refractivity contribution in [3.63, 3.8) is 0 Å². The molecule has 4 fully saturated rings. The number of ether oxygens (including phenoxy) is 8. The van der Waals surface area contributed by atoms with Gasteiger partial charge in [0.2, 0.25) is 5.60 Å². The number of carbonyl (C=O) groups is 6. The third-order valence-corrected chi connectivity index (χ3v) is 13.5. The smallest absolute Gasteiger partial charge is 0.454 e. The van der Waals surface area contributed by atoms with Crippen molar-refractivity contribution in [2.45, 2.75) is 94.1 Å². The molecule has 3 aromatic rings. The highest BCUT2D eigenvalue weighted by molar-refractivity contribution is 5.95. The van der Waals surface area contributed by atoms with E-state index in [1.54, 1.807) is 99.6 Å². The summed E-state index contributed by atoms with van der Waals surface area (Å²) in [5, 5.41) is 14.7. The molecule has 16 heteroatoms. The molecule has 2 saturated heterocycles. The highest BCUT2D eigenvalue weighted by Gasteiger charge is 2.81. The zero-order valence-corrected chi connectivity index (χ0v) is 35.5. The molecule has 12 atom stereocenters. The Morgan fingerprint density at radius 3 is 2.05 bits per heavy atom. The van der Waals surface area contributed by atoms with Gasteiger partial charge in [-0.25, -0.2) is 14.4 Å². The van der Waals surface area contributed by atoms with E-state index in [0.29, 0.717) is 5.56 Å². The van der Waals surface area contributed by atoms with E-state index in [9.17, 15) is 29.1 Å². The van der Waals surface area contributed by atoms with E-state index in [1.165, 1.54) is 33.3 Å². The van der Waals surface area contributed by atoms with Crippen LogP contribution in [0.25, 0.3) is 0 Å². The number of ketones is 1. The van der Waals surface area contributed by atoms with Crippen LogP contribution in [-0.4, -0.2) is 116 Å². The van der Waals surface area contributed by atoms with E-state index < -0.39 is 113 Å². The number of Topliss-reactive ketones (excluding diaryl/α,β-unsaturated/α-hetero) is 1. The standard InChI is InChI=1S/C47H49NO15/c1-24-32-38(57-6)35(50)31-29(56-5)22-30-46(23-58-30,62-25(2)49)33(31)39(60-42(53)28-20-14-9-15-21-28)47(45(32,3)4)40(61-44(55)63-47)37(24)59-43(54)36(51)34(26-16-10-7-11-17-26)48-41(52)27-18-12-8-13-19-27/h7-21,29-31,33-34,36-40,51H,22-23H2,1-6H3,(H,48,52)/t29-,30+,31?,33+,34-,36+,37+,38+,39-,40-,46-,47-/m0/s1. The van der Waals surface area contributed by atoms with Crippen LogP contribution < -0.4 is 5.32 Å². The van der Waals surface area contributed by atoms with E-state index in [4.69, 9.17) is 37.9 Å². The average molecular weight is 868 g/mol. The molecule has 5 aliphatic rings. The van der Waals surface area contributed by atoms with E-state index >= 15 is 4.79 Å². The Bertz CT molecular complexity index is 2320. The molecule has 3 aromatic carbocycles. The molecule has 16 nitrogen and oxygen atoms in total. The summed E-state index contributed by atoms with van der Waals surface area (Å²) < 4.78 is 49.5. The third kappa shape index (κ3) is 6.99. The highest BCUT2D eigenvalue weighted by Crippen LogP contribution is 2.64. The first-order valence-electron chi connectivity index (χ1n) is 20.7. The van der Waals surface area contributed by atoms with Crippen LogP contribution in [0.3, 0.4) is 0 Å². The van der Waals surface area contributed by atoms with Crippen LogP contribution >= 0.6 is 0 Å². The third-order valence-electron chi connectivity index (χ3n) is 13.5. The highest BCUT2D eigenvalue weighted by atomic mass is 16.8. The van der Waals surface area contributed by atoms with E-state index in [-0.39, 0.29) is 35.3 Å². The zero-order valence-electron chi connectivity index (χ0n) is 35.5. The number of hydrogen-bond acceptors (Lipinski definition) is 15. The van der Waals surface area contributed by atoms with Gasteiger partial charge in [0.25, 0.3) is 5.91 Å². The van der Waals surface area contributed by atoms with Crippen molar-refractivity contribution >= 4 is 35.8 Å². The number of carbonyl (C=O) groups excluding carboxylic acids is 6. The number of benzene rings is 3. The molecule has 332 valence electrons. The van der Waals surface area contributed by atoms with Crippen LogP contribution in [0, 0.1) is 17.3 Å². The van der Waals surface area contributed by atoms with Crippen LogP contribution in [0.2, 0.25) is 0 Å². The quantitative estimate of drug-likeness (QED) is 0.157. The zero-order chi connectivity index (χ0) is 45.0. The number of rotatable bonds is 11. The first kappa shape index (κ1) is 43.7. The van der Waals surface area contributed by atoms with Crippen molar-refractivity contribution in [1.29, 1.82) is 0 Å². The van der Waals surface area contributed by atoms with Crippen LogP contribution in [-0.2, 0) is 52.3 Å². The van der Waals surface area contributed by atoms with Gasteiger partial charge in [0, 0.05) is 38.5 Å². The van der Waals surface area contributed by atoms with Crippen LogP contribution in [0.1, 0.15) is 66.4 Å². The minimum atomic E-state index is -2.18. The fourth-order valence-corrected chi connectivity index (χ4v) is 10.7. The monoisotopic (exact) mass is 867 g/mol. The largest absolute Gasteiger partial charge is 0.509 e. The van der Waals surface area contributed by atoms with E-state index in [1.807, 2.05) is 0 Å². The predicted molar refractivity (Wildman–Crippen MR) is 218 cm³/mol. The number of fused-ring (bicyclic) bond motifs is 4. The number of nitrogens with one attached hydrogen (secondary N) is 1. The molecule has 0 aromatic heterocycles. The molecule has 1 unspecified atom stereocenters. The lowest BCUT2D eigenvalue weighted by molar-refractivity contribution is -0.333. The maximum atomic E-state index is 15.4. The summed E-state index contributed by atoms with van der Waals surface area (Å²) in [5.41, 5.74) is -4.19. The number of amides is 1. The molecule has 2 saturated carbocycles. The molecule has 0 radical (unpaired) electrons. The number of methoxy groups -OCH3 is 2. The maximum absolute atomic E-state index is 15.4. The number of aliphatic hydroxyl groups excluding tert-OH is 1. The summed E-state index contributed by atoms with van der Waals surface area (Å²) in [4.78, 5) is 85.0. The number of hydrogen-bond donors (Lipinski definition) is 2. The predicted octanol–water partition coefficient (Wildman–Crippen LogP) is 4.24. The van der Waals surface area contributed by atoms with Crippen molar-refractivity contribution in [2.24, 2.45) is 17.3 Å². The van der Waals surface area contributed by atoms with Crippen LogP contribution in [0.4, 0.5) is 4.79 Å². The Hall–Kier alpha value is -5.94. The summed E-state index contributed by atoms with van der Waals surface area (Å²) in [6, 6.07) is 23.2. The van der Waals surface area contributed by atoms with Crippen LogP contribution in [0.5, 0.6) is 0 Å².